The van der Waals surface area contributed by atoms with Crippen LogP contribution in [0.5, 0.6) is 17.2 Å². The third-order valence-corrected chi connectivity index (χ3v) is 7.58. The second-order valence-corrected chi connectivity index (χ2v) is 10.9. The first kappa shape index (κ1) is 30.7. The van der Waals surface area contributed by atoms with Crippen LogP contribution in [0, 0.1) is 5.92 Å². The molecule has 1 fully saturated rings. The molecule has 0 radical (unpaired) electrons. The van der Waals surface area contributed by atoms with Crippen LogP contribution in [-0.4, -0.2) is 54.7 Å². The van der Waals surface area contributed by atoms with Gasteiger partial charge in [0.1, 0.15) is 23.3 Å². The highest BCUT2D eigenvalue weighted by Crippen LogP contribution is 2.37. The molecule has 11 heteroatoms. The second-order valence-electron chi connectivity index (χ2n) is 10.9. The number of carboxylic acids is 1. The van der Waals surface area contributed by atoms with Gasteiger partial charge in [-0.2, -0.15) is 0 Å². The standard InChI is InChI=1S/C31H39N3O8/c1-19(35)33-26(14-20-9-11-22(12-10-20)41-18-29(36)37)31(39)34-25-8-5-13-40-27-16-28(24(30(32)38)15-23(25)27)42-17-21-6-3-2-4-7-21/h9-12,15-16,21,25-26H,2-8,13-14,17-18H2,1H3,(H2,32,38)(H,33,35)(H,34,39)(H,36,37). The van der Waals surface area contributed by atoms with E-state index in [1.807, 2.05) is 0 Å². The van der Waals surface area contributed by atoms with Crippen LogP contribution in [0.25, 0.3) is 0 Å². The van der Waals surface area contributed by atoms with Gasteiger partial charge in [-0.15, -0.1) is 0 Å². The topological polar surface area (TPSA) is 166 Å². The van der Waals surface area contributed by atoms with Gasteiger partial charge in [-0.1, -0.05) is 31.4 Å². The summed E-state index contributed by atoms with van der Waals surface area (Å²) in [5.74, 6) is -0.755. The van der Waals surface area contributed by atoms with Crippen molar-refractivity contribution in [3.05, 3.63) is 53.1 Å². The number of aliphatic carboxylic acids is 1. The predicted molar refractivity (Wildman–Crippen MR) is 154 cm³/mol. The van der Waals surface area contributed by atoms with E-state index in [1.165, 1.54) is 26.2 Å². The maximum Gasteiger partial charge on any atom is 0.341 e. The number of carbonyl (C=O) groups excluding carboxylic acids is 3. The van der Waals surface area contributed by atoms with Gasteiger partial charge in [0.25, 0.3) is 5.91 Å². The first-order valence-corrected chi connectivity index (χ1v) is 14.4. The summed E-state index contributed by atoms with van der Waals surface area (Å²) in [6.45, 7) is 1.81. The van der Waals surface area contributed by atoms with E-state index >= 15 is 0 Å². The zero-order valence-corrected chi connectivity index (χ0v) is 23.9. The van der Waals surface area contributed by atoms with E-state index in [0.29, 0.717) is 54.8 Å². The quantitative estimate of drug-likeness (QED) is 0.296. The van der Waals surface area contributed by atoms with Crippen LogP contribution >= 0.6 is 0 Å². The lowest BCUT2D eigenvalue weighted by molar-refractivity contribution is -0.139. The normalized spacial score (nSPS) is 17.5. The monoisotopic (exact) mass is 581 g/mol. The van der Waals surface area contributed by atoms with Crippen LogP contribution < -0.4 is 30.6 Å². The lowest BCUT2D eigenvalue weighted by Gasteiger charge is -2.25. The lowest BCUT2D eigenvalue weighted by atomic mass is 9.90. The van der Waals surface area contributed by atoms with Gasteiger partial charge in [-0.25, -0.2) is 4.79 Å². The summed E-state index contributed by atoms with van der Waals surface area (Å²) in [5, 5.41) is 14.5. The molecular formula is C31H39N3O8. The van der Waals surface area contributed by atoms with Crippen LogP contribution in [0.4, 0.5) is 0 Å². The van der Waals surface area contributed by atoms with Crippen molar-refractivity contribution in [2.24, 2.45) is 11.7 Å². The van der Waals surface area contributed by atoms with Gasteiger partial charge in [0.05, 0.1) is 24.8 Å². The van der Waals surface area contributed by atoms with E-state index in [4.69, 9.17) is 25.1 Å². The molecule has 42 heavy (non-hydrogen) atoms. The molecule has 11 nitrogen and oxygen atoms in total. The van der Waals surface area contributed by atoms with E-state index in [1.54, 1.807) is 36.4 Å². The van der Waals surface area contributed by atoms with Crippen molar-refractivity contribution in [1.82, 2.24) is 10.6 Å². The summed E-state index contributed by atoms with van der Waals surface area (Å²) in [6, 6.07) is 8.62. The molecule has 1 saturated carbocycles. The number of amides is 3. The molecule has 0 bridgehead atoms. The van der Waals surface area contributed by atoms with Gasteiger partial charge in [0.15, 0.2) is 6.61 Å². The molecule has 1 heterocycles. The molecule has 2 aromatic carbocycles. The summed E-state index contributed by atoms with van der Waals surface area (Å²) >= 11 is 0. The molecule has 2 aromatic rings. The highest BCUT2D eigenvalue weighted by Gasteiger charge is 2.29. The third-order valence-electron chi connectivity index (χ3n) is 7.58. The number of fused-ring (bicyclic) bond motifs is 1. The largest absolute Gasteiger partial charge is 0.493 e. The van der Waals surface area contributed by atoms with Crippen LogP contribution in [0.3, 0.4) is 0 Å². The molecule has 0 saturated heterocycles. The Morgan fingerprint density at radius 2 is 1.76 bits per heavy atom. The SMILES string of the molecule is CC(=O)NC(Cc1ccc(OCC(=O)O)cc1)C(=O)NC1CCCOc2cc(OCC3CCCCC3)c(C(N)=O)cc21. The first-order chi connectivity index (χ1) is 20.2. The number of nitrogens with two attached hydrogens (primary N) is 1. The Balaban J connectivity index is 1.50. The average molecular weight is 582 g/mol. The van der Waals surface area contributed by atoms with Gasteiger partial charge in [-0.05, 0) is 55.4 Å². The fourth-order valence-electron chi connectivity index (χ4n) is 5.45. The van der Waals surface area contributed by atoms with E-state index in [9.17, 15) is 19.2 Å². The first-order valence-electron chi connectivity index (χ1n) is 14.4. The smallest absolute Gasteiger partial charge is 0.341 e. The number of carbonyl (C=O) groups is 4. The van der Waals surface area contributed by atoms with E-state index < -0.39 is 36.5 Å². The van der Waals surface area contributed by atoms with Crippen LogP contribution in [-0.2, 0) is 20.8 Å². The van der Waals surface area contributed by atoms with Crippen molar-refractivity contribution >= 4 is 23.7 Å². The Morgan fingerprint density at radius 1 is 1.02 bits per heavy atom. The molecule has 226 valence electrons. The van der Waals surface area contributed by atoms with Crippen molar-refractivity contribution in [2.75, 3.05) is 19.8 Å². The molecule has 5 N–H and O–H groups in total. The number of benzene rings is 2. The molecule has 0 spiro atoms. The third kappa shape index (κ3) is 8.61. The summed E-state index contributed by atoms with van der Waals surface area (Å²) < 4.78 is 17.2. The Labute approximate surface area is 245 Å². The number of rotatable bonds is 12. The summed E-state index contributed by atoms with van der Waals surface area (Å²) in [5.41, 5.74) is 7.35. The number of primary amides is 1. The Kier molecular flexibility index (Phi) is 10.6. The van der Waals surface area contributed by atoms with E-state index in [2.05, 4.69) is 10.6 Å². The molecule has 1 aliphatic heterocycles. The van der Waals surface area contributed by atoms with Gasteiger partial charge >= 0.3 is 5.97 Å². The minimum atomic E-state index is -1.09. The van der Waals surface area contributed by atoms with E-state index in [0.717, 1.165) is 18.4 Å². The summed E-state index contributed by atoms with van der Waals surface area (Å²) in [6.07, 6.45) is 7.20. The van der Waals surface area contributed by atoms with Gasteiger partial charge in [0.2, 0.25) is 11.8 Å². The van der Waals surface area contributed by atoms with Crippen molar-refractivity contribution in [2.45, 2.75) is 70.4 Å². The summed E-state index contributed by atoms with van der Waals surface area (Å²) in [4.78, 5) is 48.7. The van der Waals surface area contributed by atoms with Crippen molar-refractivity contribution in [1.29, 1.82) is 0 Å². The van der Waals surface area contributed by atoms with Gasteiger partial charge in [0, 0.05) is 25.0 Å². The van der Waals surface area contributed by atoms with Gasteiger partial charge in [-0.3, -0.25) is 14.4 Å². The van der Waals surface area contributed by atoms with Crippen LogP contribution in [0.1, 0.15) is 79.4 Å². The molecular weight excluding hydrogens is 542 g/mol. The number of nitrogens with one attached hydrogen (secondary N) is 2. The maximum absolute atomic E-state index is 13.5. The molecule has 1 aliphatic carbocycles. The Hall–Kier alpha value is -4.28. The Morgan fingerprint density at radius 3 is 2.43 bits per heavy atom. The summed E-state index contributed by atoms with van der Waals surface area (Å²) in [7, 11) is 0. The number of hydrogen-bond donors (Lipinski definition) is 4. The van der Waals surface area contributed by atoms with Crippen LogP contribution in [0.15, 0.2) is 36.4 Å². The Bertz CT molecular complexity index is 1270. The number of ether oxygens (including phenoxy) is 3. The molecule has 2 atom stereocenters. The molecule has 2 aliphatic rings. The highest BCUT2D eigenvalue weighted by atomic mass is 16.5. The van der Waals surface area contributed by atoms with Crippen LogP contribution in [0.2, 0.25) is 0 Å². The zero-order chi connectivity index (χ0) is 30.1. The highest BCUT2D eigenvalue weighted by molar-refractivity contribution is 5.96. The molecule has 0 aromatic heterocycles. The fraction of sp³-hybridized carbons (Fsp3) is 0.484. The number of carboxylic acid groups (broad SMARTS) is 1. The molecule has 2 unspecified atom stereocenters. The van der Waals surface area contributed by atoms with Crippen molar-refractivity contribution in [3.63, 3.8) is 0 Å². The zero-order valence-electron chi connectivity index (χ0n) is 23.9. The molecule has 4 rings (SSSR count). The minimum Gasteiger partial charge on any atom is -0.493 e. The number of hydrogen-bond acceptors (Lipinski definition) is 7. The van der Waals surface area contributed by atoms with Crippen molar-refractivity contribution in [3.8, 4) is 17.2 Å². The average Bonchev–Trinajstić information content (AvgIpc) is 3.16. The molecule has 3 amide bonds. The second kappa shape index (κ2) is 14.6. The van der Waals surface area contributed by atoms with Gasteiger partial charge < -0.3 is 35.7 Å². The van der Waals surface area contributed by atoms with Crippen molar-refractivity contribution < 1.29 is 38.5 Å². The predicted octanol–water partition coefficient (Wildman–Crippen LogP) is 3.29. The minimum absolute atomic E-state index is 0.196. The lowest BCUT2D eigenvalue weighted by Crippen LogP contribution is -2.48. The fourth-order valence-corrected chi connectivity index (χ4v) is 5.45. The van der Waals surface area contributed by atoms with E-state index in [-0.39, 0.29) is 17.9 Å². The maximum atomic E-state index is 13.5.